The van der Waals surface area contributed by atoms with Crippen molar-refractivity contribution in [2.45, 2.75) is 114 Å². The summed E-state index contributed by atoms with van der Waals surface area (Å²) in [7, 11) is 0. The van der Waals surface area contributed by atoms with Gasteiger partial charge in [0.15, 0.2) is 0 Å². The highest BCUT2D eigenvalue weighted by atomic mass is 16.3. The summed E-state index contributed by atoms with van der Waals surface area (Å²) in [5, 5.41) is 12.1. The Morgan fingerprint density at radius 3 is 1.42 bits per heavy atom. The van der Waals surface area contributed by atoms with Gasteiger partial charge in [-0.25, -0.2) is 0 Å². The van der Waals surface area contributed by atoms with Gasteiger partial charge in [-0.3, -0.25) is 0 Å². The highest BCUT2D eigenvalue weighted by Gasteiger charge is 2.57. The first-order chi connectivity index (χ1) is 14.7. The van der Waals surface area contributed by atoms with E-state index in [1.54, 1.807) is 5.56 Å². The molecule has 0 aliphatic heterocycles. The van der Waals surface area contributed by atoms with E-state index in [4.69, 9.17) is 0 Å². The van der Waals surface area contributed by atoms with Crippen LogP contribution in [0.1, 0.15) is 115 Å². The van der Waals surface area contributed by atoms with E-state index in [0.29, 0.717) is 5.41 Å². The minimum atomic E-state index is 0.00112. The highest BCUT2D eigenvalue weighted by molar-refractivity contribution is 5.56. The SMILES string of the molecule is CC(C)(C)c1ccc(C23CC4CC(CC(C4)C2)C3)c(C23CC4CC(CC(C4)C2)C3)c1O. The normalized spacial score (nSPS) is 47.3. The molecule has 168 valence electrons. The van der Waals surface area contributed by atoms with Gasteiger partial charge >= 0.3 is 0 Å². The monoisotopic (exact) mass is 418 g/mol. The number of hydrogen-bond donors (Lipinski definition) is 1. The van der Waals surface area contributed by atoms with Crippen molar-refractivity contribution < 1.29 is 5.11 Å². The molecule has 1 nitrogen and oxygen atoms in total. The second kappa shape index (κ2) is 6.12. The zero-order valence-electron chi connectivity index (χ0n) is 20.1. The van der Waals surface area contributed by atoms with E-state index in [9.17, 15) is 5.11 Å². The molecule has 31 heavy (non-hydrogen) atoms. The van der Waals surface area contributed by atoms with Gasteiger partial charge in [0.25, 0.3) is 0 Å². The van der Waals surface area contributed by atoms with Gasteiger partial charge in [0.2, 0.25) is 0 Å². The fourth-order valence-electron chi connectivity index (χ4n) is 11.0. The second-order valence-electron chi connectivity index (χ2n) is 14.5. The van der Waals surface area contributed by atoms with Gasteiger partial charge < -0.3 is 5.11 Å². The summed E-state index contributed by atoms with van der Waals surface area (Å²) in [4.78, 5) is 0. The van der Waals surface area contributed by atoms with Crippen LogP contribution >= 0.6 is 0 Å². The summed E-state index contributed by atoms with van der Waals surface area (Å²) in [5.74, 6) is 6.37. The Morgan fingerprint density at radius 1 is 0.645 bits per heavy atom. The number of aromatic hydroxyl groups is 1. The quantitative estimate of drug-likeness (QED) is 0.523. The van der Waals surface area contributed by atoms with Crippen molar-refractivity contribution in [2.75, 3.05) is 0 Å². The molecule has 8 saturated carbocycles. The molecular weight excluding hydrogens is 376 g/mol. The van der Waals surface area contributed by atoms with Crippen molar-refractivity contribution in [3.8, 4) is 5.75 Å². The van der Waals surface area contributed by atoms with Crippen LogP contribution in [-0.4, -0.2) is 5.11 Å². The zero-order chi connectivity index (χ0) is 21.2. The van der Waals surface area contributed by atoms with Crippen LogP contribution in [0.5, 0.6) is 5.75 Å². The zero-order valence-corrected chi connectivity index (χ0v) is 20.1. The topological polar surface area (TPSA) is 20.2 Å². The number of phenols is 1. The molecule has 0 saturated heterocycles. The Bertz CT molecular complexity index is 845. The van der Waals surface area contributed by atoms with E-state index < -0.39 is 0 Å². The lowest BCUT2D eigenvalue weighted by Gasteiger charge is -2.61. The lowest BCUT2D eigenvalue weighted by atomic mass is 9.44. The van der Waals surface area contributed by atoms with Gasteiger partial charge in [0, 0.05) is 11.0 Å². The number of benzene rings is 1. The fraction of sp³-hybridized carbons (Fsp3) is 0.800. The molecule has 0 aromatic heterocycles. The van der Waals surface area contributed by atoms with Crippen LogP contribution in [0.15, 0.2) is 12.1 Å². The van der Waals surface area contributed by atoms with Gasteiger partial charge in [-0.15, -0.1) is 0 Å². The molecule has 8 aliphatic rings. The Kier molecular flexibility index (Phi) is 3.85. The summed E-state index contributed by atoms with van der Waals surface area (Å²) in [6.45, 7) is 6.86. The average Bonchev–Trinajstić information content (AvgIpc) is 2.64. The van der Waals surface area contributed by atoms with E-state index >= 15 is 0 Å². The Balaban J connectivity index is 1.43. The second-order valence-corrected chi connectivity index (χ2v) is 14.5. The Labute approximate surface area is 189 Å². The maximum absolute atomic E-state index is 12.1. The molecule has 9 rings (SSSR count). The molecule has 8 bridgehead atoms. The van der Waals surface area contributed by atoms with Gasteiger partial charge in [0.05, 0.1) is 0 Å². The first-order valence-electron chi connectivity index (χ1n) is 13.6. The molecule has 1 aromatic carbocycles. The molecule has 0 spiro atoms. The first-order valence-corrected chi connectivity index (χ1v) is 13.6. The van der Waals surface area contributed by atoms with Crippen LogP contribution < -0.4 is 0 Å². The van der Waals surface area contributed by atoms with E-state index in [2.05, 4.69) is 32.9 Å². The Morgan fingerprint density at radius 2 is 1.03 bits per heavy atom. The van der Waals surface area contributed by atoms with Crippen LogP contribution in [0, 0.1) is 35.5 Å². The lowest BCUT2D eigenvalue weighted by Crippen LogP contribution is -2.52. The molecule has 0 atom stereocenters. The summed E-state index contributed by atoms with van der Waals surface area (Å²) >= 11 is 0. The van der Waals surface area contributed by atoms with Crippen LogP contribution in [0.2, 0.25) is 0 Å². The van der Waals surface area contributed by atoms with Crippen molar-refractivity contribution in [2.24, 2.45) is 35.5 Å². The third-order valence-corrected chi connectivity index (χ3v) is 11.2. The predicted octanol–water partition coefficient (Wildman–Crippen LogP) is 7.63. The van der Waals surface area contributed by atoms with Gasteiger partial charge in [-0.2, -0.15) is 0 Å². The van der Waals surface area contributed by atoms with Crippen LogP contribution in [-0.2, 0) is 16.2 Å². The van der Waals surface area contributed by atoms with Crippen molar-refractivity contribution in [1.29, 1.82) is 0 Å². The lowest BCUT2D eigenvalue weighted by molar-refractivity contribution is -0.0183. The average molecular weight is 419 g/mol. The molecular formula is C30H42O. The fourth-order valence-corrected chi connectivity index (χ4v) is 11.0. The Hall–Kier alpha value is -0.980. The summed E-state index contributed by atoms with van der Waals surface area (Å²) in [6, 6.07) is 4.90. The molecule has 8 fully saturated rings. The van der Waals surface area contributed by atoms with Crippen molar-refractivity contribution in [1.82, 2.24) is 0 Å². The minimum Gasteiger partial charge on any atom is -0.507 e. The third kappa shape index (κ3) is 2.73. The summed E-state index contributed by atoms with van der Waals surface area (Å²) in [5.41, 5.74) is 4.98. The standard InChI is InChI=1S/C30H42O/c1-28(2,3)25-5-4-24(29-12-18-6-19(13-29)8-20(7-18)14-29)26(27(25)31)30-15-21-9-22(16-30)11-23(10-21)17-30/h4-5,18-23,31H,6-17H2,1-3H3. The molecule has 0 heterocycles. The molecule has 1 heteroatoms. The van der Waals surface area contributed by atoms with E-state index in [-0.39, 0.29) is 10.8 Å². The third-order valence-electron chi connectivity index (χ3n) is 11.2. The van der Waals surface area contributed by atoms with Crippen LogP contribution in [0.4, 0.5) is 0 Å². The largest absolute Gasteiger partial charge is 0.507 e. The number of rotatable bonds is 2. The maximum Gasteiger partial charge on any atom is 0.123 e. The summed E-state index contributed by atoms with van der Waals surface area (Å²) < 4.78 is 0. The van der Waals surface area contributed by atoms with Crippen LogP contribution in [0.25, 0.3) is 0 Å². The van der Waals surface area contributed by atoms with Gasteiger partial charge in [-0.1, -0.05) is 32.9 Å². The van der Waals surface area contributed by atoms with E-state index in [1.165, 1.54) is 88.2 Å². The van der Waals surface area contributed by atoms with Gasteiger partial charge in [0.1, 0.15) is 5.75 Å². The molecule has 0 unspecified atom stereocenters. The molecule has 1 N–H and O–H groups in total. The number of hydrogen-bond acceptors (Lipinski definition) is 1. The smallest absolute Gasteiger partial charge is 0.123 e. The van der Waals surface area contributed by atoms with Gasteiger partial charge in [-0.05, 0) is 135 Å². The predicted molar refractivity (Wildman–Crippen MR) is 127 cm³/mol. The molecule has 1 aromatic rings. The molecule has 0 amide bonds. The van der Waals surface area contributed by atoms with E-state index in [0.717, 1.165) is 41.3 Å². The number of phenolic OH excluding ortho intramolecular Hbond substituents is 1. The van der Waals surface area contributed by atoms with E-state index in [1.807, 2.05) is 0 Å². The van der Waals surface area contributed by atoms with Crippen LogP contribution in [0.3, 0.4) is 0 Å². The first kappa shape index (κ1) is 19.5. The molecule has 8 aliphatic carbocycles. The van der Waals surface area contributed by atoms with Crippen molar-refractivity contribution in [3.05, 3.63) is 28.8 Å². The summed E-state index contributed by atoms with van der Waals surface area (Å²) in [6.07, 6.45) is 17.2. The molecule has 0 radical (unpaired) electrons. The van der Waals surface area contributed by atoms with Crippen molar-refractivity contribution >= 4 is 0 Å². The maximum atomic E-state index is 12.1. The van der Waals surface area contributed by atoms with Crippen molar-refractivity contribution in [3.63, 3.8) is 0 Å². The minimum absolute atomic E-state index is 0.00112. The highest BCUT2D eigenvalue weighted by Crippen LogP contribution is 2.67.